The van der Waals surface area contributed by atoms with Gasteiger partial charge in [0.1, 0.15) is 0 Å². The van der Waals surface area contributed by atoms with E-state index in [9.17, 15) is 9.90 Å². The highest BCUT2D eigenvalue weighted by Gasteiger charge is 2.26. The van der Waals surface area contributed by atoms with Gasteiger partial charge in [-0.1, -0.05) is 12.1 Å². The summed E-state index contributed by atoms with van der Waals surface area (Å²) in [5.41, 5.74) is 2.85. The third kappa shape index (κ3) is 2.38. The molecule has 4 nitrogen and oxygen atoms in total. The van der Waals surface area contributed by atoms with Crippen molar-refractivity contribution < 1.29 is 14.6 Å². The fraction of sp³-hybridized carbons (Fsp3) is 0.533. The van der Waals surface area contributed by atoms with Crippen molar-refractivity contribution in [3.05, 3.63) is 29.3 Å². The summed E-state index contributed by atoms with van der Waals surface area (Å²) < 4.78 is 5.55. The van der Waals surface area contributed by atoms with Gasteiger partial charge in [0.2, 0.25) is 5.91 Å². The molecule has 3 rings (SSSR count). The van der Waals surface area contributed by atoms with Crippen LogP contribution in [-0.4, -0.2) is 30.8 Å². The lowest BCUT2D eigenvalue weighted by Crippen LogP contribution is -2.20. The summed E-state index contributed by atoms with van der Waals surface area (Å²) >= 11 is 0. The Morgan fingerprint density at radius 3 is 3.11 bits per heavy atom. The largest absolute Gasteiger partial charge is 0.388 e. The Kier molecular flexibility index (Phi) is 3.29. The Bertz CT molecular complexity index is 494. The molecule has 102 valence electrons. The van der Waals surface area contributed by atoms with Gasteiger partial charge in [-0.2, -0.15) is 0 Å². The predicted octanol–water partition coefficient (Wildman–Crippen LogP) is 1.81. The molecule has 1 N–H and O–H groups in total. The first kappa shape index (κ1) is 12.6. The Balaban J connectivity index is 1.75. The number of fused-ring (bicyclic) bond motifs is 1. The van der Waals surface area contributed by atoms with Crippen molar-refractivity contribution in [3.8, 4) is 0 Å². The molecule has 0 aliphatic carbocycles. The van der Waals surface area contributed by atoms with Gasteiger partial charge in [0, 0.05) is 25.8 Å². The minimum atomic E-state index is -0.505. The van der Waals surface area contributed by atoms with Gasteiger partial charge in [0.25, 0.3) is 0 Å². The highest BCUT2D eigenvalue weighted by Crippen LogP contribution is 2.32. The van der Waals surface area contributed by atoms with E-state index >= 15 is 0 Å². The minimum absolute atomic E-state index is 0.112. The predicted molar refractivity (Wildman–Crippen MR) is 72.1 cm³/mol. The number of likely N-dealkylation sites (N-methyl/N-ethyl adjacent to an activating group) is 1. The monoisotopic (exact) mass is 261 g/mol. The van der Waals surface area contributed by atoms with Gasteiger partial charge in [-0.05, 0) is 30.0 Å². The molecule has 1 fully saturated rings. The van der Waals surface area contributed by atoms with E-state index in [1.807, 2.05) is 18.2 Å². The van der Waals surface area contributed by atoms with E-state index < -0.39 is 6.10 Å². The molecule has 0 saturated carbocycles. The van der Waals surface area contributed by atoms with Gasteiger partial charge in [0.05, 0.1) is 18.6 Å². The van der Waals surface area contributed by atoms with E-state index in [4.69, 9.17) is 4.74 Å². The van der Waals surface area contributed by atoms with Crippen LogP contribution in [0, 0.1) is 0 Å². The highest BCUT2D eigenvalue weighted by atomic mass is 16.5. The van der Waals surface area contributed by atoms with Crippen molar-refractivity contribution in [2.45, 2.75) is 37.9 Å². The van der Waals surface area contributed by atoms with Crippen LogP contribution in [0.15, 0.2) is 18.2 Å². The second-order valence-corrected chi connectivity index (χ2v) is 5.40. The molecule has 0 radical (unpaired) electrons. The molecule has 1 amide bonds. The summed E-state index contributed by atoms with van der Waals surface area (Å²) in [6.07, 6.45) is 2.86. The van der Waals surface area contributed by atoms with Gasteiger partial charge in [-0.3, -0.25) is 4.79 Å². The van der Waals surface area contributed by atoms with Gasteiger partial charge in [-0.15, -0.1) is 0 Å². The second kappa shape index (κ2) is 4.94. The van der Waals surface area contributed by atoms with Crippen LogP contribution >= 0.6 is 0 Å². The van der Waals surface area contributed by atoms with Crippen molar-refractivity contribution in [2.75, 3.05) is 18.6 Å². The van der Waals surface area contributed by atoms with Crippen molar-refractivity contribution in [1.29, 1.82) is 0 Å². The smallest absolute Gasteiger partial charge is 0.231 e. The number of amides is 1. The van der Waals surface area contributed by atoms with Crippen molar-refractivity contribution in [3.63, 3.8) is 0 Å². The molecule has 1 aromatic carbocycles. The van der Waals surface area contributed by atoms with Gasteiger partial charge in [0.15, 0.2) is 0 Å². The zero-order chi connectivity index (χ0) is 13.4. The molecule has 2 atom stereocenters. The van der Waals surface area contributed by atoms with E-state index in [2.05, 4.69) is 0 Å². The molecule has 19 heavy (non-hydrogen) atoms. The number of aliphatic hydroxyl groups is 1. The molecule has 0 bridgehead atoms. The number of anilines is 1. The Morgan fingerprint density at radius 1 is 1.53 bits per heavy atom. The van der Waals surface area contributed by atoms with Crippen LogP contribution in [-0.2, 0) is 16.0 Å². The van der Waals surface area contributed by atoms with Crippen molar-refractivity contribution in [2.24, 2.45) is 0 Å². The van der Waals surface area contributed by atoms with Crippen LogP contribution in [0.2, 0.25) is 0 Å². The molecule has 2 heterocycles. The lowest BCUT2D eigenvalue weighted by molar-refractivity contribution is -0.117. The molecule has 0 aromatic heterocycles. The molecule has 4 heteroatoms. The Labute approximate surface area is 113 Å². The molecule has 1 aromatic rings. The SMILES string of the molecule is CN1C(=O)Cc2cc(C(O)CC3CCCO3)ccc21. The maximum atomic E-state index is 11.6. The van der Waals surface area contributed by atoms with Crippen LogP contribution < -0.4 is 4.90 Å². The third-order valence-electron chi connectivity index (χ3n) is 4.08. The topological polar surface area (TPSA) is 49.8 Å². The van der Waals surface area contributed by atoms with E-state index in [-0.39, 0.29) is 12.0 Å². The van der Waals surface area contributed by atoms with Gasteiger partial charge >= 0.3 is 0 Å². The van der Waals surface area contributed by atoms with E-state index in [1.54, 1.807) is 11.9 Å². The molecule has 2 aliphatic heterocycles. The van der Waals surface area contributed by atoms with Crippen LogP contribution in [0.4, 0.5) is 5.69 Å². The number of hydrogen-bond donors (Lipinski definition) is 1. The number of benzene rings is 1. The summed E-state index contributed by atoms with van der Waals surface area (Å²) in [6, 6.07) is 5.79. The zero-order valence-corrected chi connectivity index (χ0v) is 11.1. The molecular formula is C15H19NO3. The summed E-state index contributed by atoms with van der Waals surface area (Å²) in [7, 11) is 1.79. The number of carbonyl (C=O) groups is 1. The van der Waals surface area contributed by atoms with Crippen LogP contribution in [0.5, 0.6) is 0 Å². The maximum absolute atomic E-state index is 11.6. The normalized spacial score (nSPS) is 23.8. The zero-order valence-electron chi connectivity index (χ0n) is 11.1. The summed E-state index contributed by atoms with van der Waals surface area (Å²) in [6.45, 7) is 0.806. The van der Waals surface area contributed by atoms with Crippen molar-refractivity contribution in [1.82, 2.24) is 0 Å². The molecule has 2 aliphatic rings. The van der Waals surface area contributed by atoms with Crippen LogP contribution in [0.25, 0.3) is 0 Å². The third-order valence-corrected chi connectivity index (χ3v) is 4.08. The van der Waals surface area contributed by atoms with Gasteiger partial charge < -0.3 is 14.7 Å². The highest BCUT2D eigenvalue weighted by molar-refractivity contribution is 6.00. The minimum Gasteiger partial charge on any atom is -0.388 e. The number of ether oxygens (including phenoxy) is 1. The quantitative estimate of drug-likeness (QED) is 0.902. The van der Waals surface area contributed by atoms with E-state index in [0.717, 1.165) is 36.3 Å². The fourth-order valence-corrected chi connectivity index (χ4v) is 2.91. The first-order chi connectivity index (χ1) is 9.15. The van der Waals surface area contributed by atoms with E-state index in [0.29, 0.717) is 12.8 Å². The first-order valence-electron chi connectivity index (χ1n) is 6.84. The molecular weight excluding hydrogens is 242 g/mol. The Morgan fingerprint density at radius 2 is 2.37 bits per heavy atom. The number of hydrogen-bond acceptors (Lipinski definition) is 3. The maximum Gasteiger partial charge on any atom is 0.231 e. The lowest BCUT2D eigenvalue weighted by Gasteiger charge is -2.17. The number of carbonyl (C=O) groups excluding carboxylic acids is 1. The average molecular weight is 261 g/mol. The number of rotatable bonds is 3. The van der Waals surface area contributed by atoms with Crippen LogP contribution in [0.1, 0.15) is 36.5 Å². The molecule has 1 saturated heterocycles. The summed E-state index contributed by atoms with van der Waals surface area (Å²) in [4.78, 5) is 13.3. The van der Waals surface area contributed by atoms with E-state index in [1.165, 1.54) is 0 Å². The van der Waals surface area contributed by atoms with Gasteiger partial charge in [-0.25, -0.2) is 0 Å². The van der Waals surface area contributed by atoms with Crippen LogP contribution in [0.3, 0.4) is 0 Å². The second-order valence-electron chi connectivity index (χ2n) is 5.40. The lowest BCUT2D eigenvalue weighted by atomic mass is 9.99. The number of aliphatic hydroxyl groups excluding tert-OH is 1. The number of nitrogens with zero attached hydrogens (tertiary/aromatic N) is 1. The van der Waals surface area contributed by atoms with Crippen molar-refractivity contribution >= 4 is 11.6 Å². The molecule has 0 spiro atoms. The Hall–Kier alpha value is -1.39. The summed E-state index contributed by atoms with van der Waals surface area (Å²) in [5, 5.41) is 10.3. The average Bonchev–Trinajstić information content (AvgIpc) is 2.99. The fourth-order valence-electron chi connectivity index (χ4n) is 2.91. The summed E-state index contributed by atoms with van der Waals surface area (Å²) in [5.74, 6) is 0.112. The molecule has 2 unspecified atom stereocenters. The first-order valence-corrected chi connectivity index (χ1v) is 6.84. The standard InChI is InChI=1S/C15H19NO3/c1-16-13-5-4-10(7-11(13)8-15(16)18)14(17)9-12-3-2-6-19-12/h4-5,7,12,14,17H,2-3,6,8-9H2,1H3.